The van der Waals surface area contributed by atoms with Crippen LogP contribution in [0.2, 0.25) is 10.0 Å². The summed E-state index contributed by atoms with van der Waals surface area (Å²) in [5.41, 5.74) is 6.46. The Kier molecular flexibility index (Phi) is 7.20. The molecule has 0 amide bonds. The predicted octanol–water partition coefficient (Wildman–Crippen LogP) is 5.49. The summed E-state index contributed by atoms with van der Waals surface area (Å²) in [6.07, 6.45) is 0. The van der Waals surface area contributed by atoms with Crippen LogP contribution in [0.3, 0.4) is 0 Å². The minimum absolute atomic E-state index is 0.0137. The molecule has 1 aromatic heterocycles. The molecule has 0 bridgehead atoms. The smallest absolute Gasteiger partial charge is 0.335 e. The van der Waals surface area contributed by atoms with E-state index >= 15 is 0 Å². The van der Waals surface area contributed by atoms with Gasteiger partial charge in [0.25, 0.3) is 10.1 Å². The Bertz CT molecular complexity index is 1710. The van der Waals surface area contributed by atoms with E-state index in [4.69, 9.17) is 28.9 Å². The van der Waals surface area contributed by atoms with E-state index in [1.165, 1.54) is 12.1 Å². The number of hydrogen-bond donors (Lipinski definition) is 4. The van der Waals surface area contributed by atoms with Gasteiger partial charge in [0.2, 0.25) is 0 Å². The van der Waals surface area contributed by atoms with Gasteiger partial charge in [0.15, 0.2) is 11.5 Å². The molecule has 0 unspecified atom stereocenters. The minimum Gasteiger partial charge on any atom is -0.478 e. The maximum absolute atomic E-state index is 11.6. The van der Waals surface area contributed by atoms with Crippen LogP contribution in [-0.2, 0) is 10.1 Å². The molecule has 0 aliphatic carbocycles. The van der Waals surface area contributed by atoms with Crippen LogP contribution in [0.1, 0.15) is 20.7 Å². The van der Waals surface area contributed by atoms with Crippen molar-refractivity contribution in [3.63, 3.8) is 0 Å². The van der Waals surface area contributed by atoms with Gasteiger partial charge in [-0.15, -0.1) is 10.2 Å². The van der Waals surface area contributed by atoms with Crippen molar-refractivity contribution >= 4 is 62.5 Å². The first-order valence-corrected chi connectivity index (χ1v) is 12.5. The lowest BCUT2D eigenvalue weighted by Crippen LogP contribution is -2.08. The van der Waals surface area contributed by atoms with Crippen molar-refractivity contribution < 1.29 is 32.8 Å². The van der Waals surface area contributed by atoms with E-state index in [9.17, 15) is 32.8 Å². The summed E-state index contributed by atoms with van der Waals surface area (Å²) in [4.78, 5) is 22.5. The Balaban J connectivity index is 1.91. The summed E-state index contributed by atoms with van der Waals surface area (Å²) in [7, 11) is -4.64. The standard InChI is InChI=1S/C23H15Cl2N5O7S/c24-15-10-18(38(35,36)37)16(25)9-17(15)27-28-20-19(11-4-2-1-3-5-11)29-30(21(20)26)14-7-12(22(31)32)6-13(8-14)23(33)34/h1-10H,26H2,(H,31,32)(H,33,34)(H,35,36,37)/b28-27+. The summed E-state index contributed by atoms with van der Waals surface area (Å²) in [5, 5.41) is 30.9. The maximum Gasteiger partial charge on any atom is 0.335 e. The first-order chi connectivity index (χ1) is 17.9. The number of anilines is 1. The van der Waals surface area contributed by atoms with Gasteiger partial charge in [0.05, 0.1) is 26.9 Å². The van der Waals surface area contributed by atoms with Gasteiger partial charge in [-0.25, -0.2) is 14.3 Å². The van der Waals surface area contributed by atoms with Crippen molar-refractivity contribution in [2.45, 2.75) is 4.90 Å². The van der Waals surface area contributed by atoms with Gasteiger partial charge < -0.3 is 15.9 Å². The fourth-order valence-corrected chi connectivity index (χ4v) is 4.67. The topological polar surface area (TPSA) is 198 Å². The fourth-order valence-electron chi connectivity index (χ4n) is 3.39. The van der Waals surface area contributed by atoms with E-state index < -0.39 is 27.0 Å². The highest BCUT2D eigenvalue weighted by Crippen LogP contribution is 2.39. The van der Waals surface area contributed by atoms with Gasteiger partial charge in [-0.2, -0.15) is 13.5 Å². The number of halogens is 2. The molecule has 15 heteroatoms. The van der Waals surface area contributed by atoms with Crippen LogP contribution in [0.4, 0.5) is 17.2 Å². The molecule has 12 nitrogen and oxygen atoms in total. The first kappa shape index (κ1) is 26.8. The number of aromatic nitrogens is 2. The van der Waals surface area contributed by atoms with Crippen LogP contribution in [0.25, 0.3) is 16.9 Å². The van der Waals surface area contributed by atoms with Crippen molar-refractivity contribution in [2.24, 2.45) is 10.2 Å². The lowest BCUT2D eigenvalue weighted by atomic mass is 10.1. The van der Waals surface area contributed by atoms with Gasteiger partial charge in [-0.3, -0.25) is 4.55 Å². The molecule has 0 saturated heterocycles. The highest BCUT2D eigenvalue weighted by Gasteiger charge is 2.22. The zero-order valence-corrected chi connectivity index (χ0v) is 21.1. The molecule has 0 spiro atoms. The van der Waals surface area contributed by atoms with E-state index in [-0.39, 0.29) is 49.7 Å². The molecule has 0 saturated carbocycles. The van der Waals surface area contributed by atoms with Gasteiger partial charge in [-0.05, 0) is 30.3 Å². The van der Waals surface area contributed by atoms with E-state index in [1.807, 2.05) is 0 Å². The molecular weight excluding hydrogens is 561 g/mol. The number of benzene rings is 3. The lowest BCUT2D eigenvalue weighted by molar-refractivity contribution is 0.0696. The number of rotatable bonds is 7. The highest BCUT2D eigenvalue weighted by molar-refractivity contribution is 7.86. The monoisotopic (exact) mass is 575 g/mol. The van der Waals surface area contributed by atoms with Gasteiger partial charge >= 0.3 is 11.9 Å². The van der Waals surface area contributed by atoms with Gasteiger partial charge in [0, 0.05) is 5.56 Å². The number of hydrogen-bond acceptors (Lipinski definition) is 8. The van der Waals surface area contributed by atoms with Crippen molar-refractivity contribution in [2.75, 3.05) is 5.73 Å². The van der Waals surface area contributed by atoms with Gasteiger partial charge in [-0.1, -0.05) is 53.5 Å². The van der Waals surface area contributed by atoms with Crippen LogP contribution in [0.5, 0.6) is 0 Å². The average molecular weight is 576 g/mol. The third-order valence-corrected chi connectivity index (χ3v) is 6.76. The van der Waals surface area contributed by atoms with Crippen molar-refractivity contribution in [1.82, 2.24) is 9.78 Å². The molecule has 4 rings (SSSR count). The molecule has 3 aromatic carbocycles. The van der Waals surface area contributed by atoms with E-state index in [0.717, 1.165) is 22.9 Å². The predicted molar refractivity (Wildman–Crippen MR) is 138 cm³/mol. The summed E-state index contributed by atoms with van der Waals surface area (Å²) in [6, 6.07) is 14.0. The summed E-state index contributed by atoms with van der Waals surface area (Å²) in [6.45, 7) is 0. The second-order valence-electron chi connectivity index (χ2n) is 7.65. The number of carbonyl (C=O) groups is 2. The first-order valence-electron chi connectivity index (χ1n) is 10.3. The SMILES string of the molecule is Nc1c(/N=N/c2cc(Cl)c(S(=O)(=O)O)cc2Cl)c(-c2ccccc2)nn1-c1cc(C(=O)O)cc(C(=O)O)c1. The molecule has 38 heavy (non-hydrogen) atoms. The molecule has 194 valence electrons. The summed E-state index contributed by atoms with van der Waals surface area (Å²) < 4.78 is 33.3. The number of aromatic carboxylic acids is 2. The summed E-state index contributed by atoms with van der Waals surface area (Å²) in [5.74, 6) is -2.84. The molecule has 0 aliphatic heterocycles. The molecule has 1 heterocycles. The molecular formula is C23H15Cl2N5O7S. The Morgan fingerprint density at radius 3 is 2.05 bits per heavy atom. The second kappa shape index (κ2) is 10.2. The number of nitrogens with two attached hydrogens (primary N) is 1. The molecule has 5 N–H and O–H groups in total. The Labute approximate surface area is 224 Å². The quantitative estimate of drug-likeness (QED) is 0.162. The van der Waals surface area contributed by atoms with E-state index in [2.05, 4.69) is 15.3 Å². The van der Waals surface area contributed by atoms with Crippen LogP contribution >= 0.6 is 23.2 Å². The van der Waals surface area contributed by atoms with Crippen molar-refractivity contribution in [1.29, 1.82) is 0 Å². The number of carboxylic acids is 2. The maximum atomic E-state index is 11.6. The van der Waals surface area contributed by atoms with Crippen LogP contribution < -0.4 is 5.73 Å². The molecule has 4 aromatic rings. The average Bonchev–Trinajstić information content (AvgIpc) is 3.19. The molecule has 0 aliphatic rings. The van der Waals surface area contributed by atoms with Crippen LogP contribution in [0, 0.1) is 0 Å². The molecule has 0 atom stereocenters. The number of nitrogen functional groups attached to an aromatic ring is 1. The van der Waals surface area contributed by atoms with E-state index in [1.54, 1.807) is 30.3 Å². The second-order valence-corrected chi connectivity index (χ2v) is 9.85. The van der Waals surface area contributed by atoms with Crippen molar-refractivity contribution in [3.8, 4) is 16.9 Å². The lowest BCUT2D eigenvalue weighted by Gasteiger charge is -2.07. The largest absolute Gasteiger partial charge is 0.478 e. The zero-order chi connectivity index (χ0) is 27.8. The number of carboxylic acid groups (broad SMARTS) is 2. The highest BCUT2D eigenvalue weighted by atomic mass is 35.5. The Morgan fingerprint density at radius 2 is 1.50 bits per heavy atom. The van der Waals surface area contributed by atoms with Crippen LogP contribution in [0.15, 0.2) is 75.8 Å². The Morgan fingerprint density at radius 1 is 0.895 bits per heavy atom. The van der Waals surface area contributed by atoms with Crippen LogP contribution in [-0.4, -0.2) is 44.9 Å². The Hall–Kier alpha value is -4.30. The zero-order valence-electron chi connectivity index (χ0n) is 18.8. The number of nitrogens with zero attached hydrogens (tertiary/aromatic N) is 4. The molecule has 0 fully saturated rings. The third kappa shape index (κ3) is 5.35. The normalized spacial score (nSPS) is 11.7. The van der Waals surface area contributed by atoms with E-state index in [0.29, 0.717) is 5.56 Å². The summed E-state index contributed by atoms with van der Waals surface area (Å²) >= 11 is 12.1. The minimum atomic E-state index is -4.64. The third-order valence-electron chi connectivity index (χ3n) is 5.14. The number of azo groups is 1. The van der Waals surface area contributed by atoms with Crippen molar-refractivity contribution in [3.05, 3.63) is 81.8 Å². The molecule has 0 radical (unpaired) electrons. The fraction of sp³-hybridized carbons (Fsp3) is 0. The van der Waals surface area contributed by atoms with Gasteiger partial charge in [0.1, 0.15) is 16.3 Å².